The minimum Gasteiger partial charge on any atom is -0.349 e. The molecule has 5 nitrogen and oxygen atoms in total. The van der Waals surface area contributed by atoms with E-state index in [0.29, 0.717) is 17.0 Å². The molecule has 1 fully saturated rings. The average Bonchev–Trinajstić information content (AvgIpc) is 2.95. The molecule has 1 saturated carbocycles. The summed E-state index contributed by atoms with van der Waals surface area (Å²) in [5.41, 5.74) is 0.845. The number of rotatable bonds is 4. The summed E-state index contributed by atoms with van der Waals surface area (Å²) in [4.78, 5) is 12.2. The Bertz CT molecular complexity index is 601. The van der Waals surface area contributed by atoms with E-state index in [9.17, 15) is 13.2 Å². The van der Waals surface area contributed by atoms with Gasteiger partial charge in [0.15, 0.2) is 0 Å². The zero-order valence-electron chi connectivity index (χ0n) is 11.7. The van der Waals surface area contributed by atoms with Gasteiger partial charge < -0.3 is 5.32 Å². The fourth-order valence-electron chi connectivity index (χ4n) is 2.76. The molecule has 1 atom stereocenters. The maximum Gasteiger partial charge on any atom is 0.252 e. The van der Waals surface area contributed by atoms with Gasteiger partial charge in [-0.05, 0) is 38.2 Å². The van der Waals surface area contributed by atoms with E-state index in [0.717, 1.165) is 24.2 Å². The van der Waals surface area contributed by atoms with Gasteiger partial charge >= 0.3 is 0 Å². The predicted molar refractivity (Wildman–Crippen MR) is 79.3 cm³/mol. The zero-order valence-corrected chi connectivity index (χ0v) is 13.3. The van der Waals surface area contributed by atoms with E-state index in [1.54, 1.807) is 12.3 Å². The summed E-state index contributed by atoms with van der Waals surface area (Å²) >= 11 is 0.997. The van der Waals surface area contributed by atoms with Crippen LogP contribution in [0, 0.1) is 12.8 Å². The Hall–Kier alpha value is -0.920. The van der Waals surface area contributed by atoms with Crippen LogP contribution in [0.1, 0.15) is 48.5 Å². The maximum atomic E-state index is 12.2. The molecular formula is C13H20N2O3S2. The number of carbonyl (C=O) groups excluding carboxylic acids is 1. The molecule has 1 unspecified atom stereocenters. The lowest BCUT2D eigenvalue weighted by Crippen LogP contribution is -2.37. The number of carbonyl (C=O) groups is 1. The van der Waals surface area contributed by atoms with Crippen molar-refractivity contribution in [1.29, 1.82) is 0 Å². The number of hydrogen-bond donors (Lipinski definition) is 2. The number of sulfonamides is 1. The number of nitrogens with two attached hydrogens (primary N) is 1. The molecular weight excluding hydrogens is 296 g/mol. The van der Waals surface area contributed by atoms with Crippen LogP contribution in [-0.4, -0.2) is 20.4 Å². The van der Waals surface area contributed by atoms with E-state index in [2.05, 4.69) is 5.32 Å². The van der Waals surface area contributed by atoms with E-state index in [1.165, 1.54) is 12.8 Å². The molecule has 1 amide bonds. The molecule has 20 heavy (non-hydrogen) atoms. The number of thiophene rings is 1. The maximum absolute atomic E-state index is 12.2. The predicted octanol–water partition coefficient (Wildman–Crippen LogP) is 2.01. The van der Waals surface area contributed by atoms with Crippen molar-refractivity contribution in [1.82, 2.24) is 5.32 Å². The summed E-state index contributed by atoms with van der Waals surface area (Å²) in [6, 6.07) is 0.113. The molecule has 0 saturated heterocycles. The highest BCUT2D eigenvalue weighted by Crippen LogP contribution is 2.29. The number of amides is 1. The quantitative estimate of drug-likeness (QED) is 0.890. The highest BCUT2D eigenvalue weighted by molar-refractivity contribution is 7.91. The molecule has 7 heteroatoms. The van der Waals surface area contributed by atoms with Crippen molar-refractivity contribution in [3.63, 3.8) is 0 Å². The molecule has 1 aliphatic carbocycles. The van der Waals surface area contributed by atoms with Crippen LogP contribution < -0.4 is 10.5 Å². The van der Waals surface area contributed by atoms with Gasteiger partial charge in [0, 0.05) is 11.4 Å². The minimum atomic E-state index is -3.75. The third-order valence-electron chi connectivity index (χ3n) is 3.96. The SMILES string of the molecule is Cc1c(C(=O)NC(C)C2CCCC2)csc1S(N)(=O)=O. The van der Waals surface area contributed by atoms with Crippen LogP contribution in [0.2, 0.25) is 0 Å². The highest BCUT2D eigenvalue weighted by atomic mass is 32.2. The lowest BCUT2D eigenvalue weighted by Gasteiger charge is -2.20. The lowest BCUT2D eigenvalue weighted by molar-refractivity contribution is 0.0927. The van der Waals surface area contributed by atoms with Crippen molar-refractivity contribution in [2.45, 2.75) is 49.8 Å². The van der Waals surface area contributed by atoms with Crippen LogP contribution in [-0.2, 0) is 10.0 Å². The first-order valence-electron chi connectivity index (χ1n) is 6.72. The van der Waals surface area contributed by atoms with E-state index in [1.807, 2.05) is 6.92 Å². The van der Waals surface area contributed by atoms with Gasteiger partial charge in [0.05, 0.1) is 5.56 Å². The fraction of sp³-hybridized carbons (Fsp3) is 0.615. The van der Waals surface area contributed by atoms with Gasteiger partial charge in [-0.3, -0.25) is 4.79 Å². The summed E-state index contributed by atoms with van der Waals surface area (Å²) in [5.74, 6) is 0.309. The fourth-order valence-corrected chi connectivity index (χ4v) is 4.78. The first-order valence-corrected chi connectivity index (χ1v) is 9.15. The normalized spacial score (nSPS) is 18.1. The molecule has 1 heterocycles. The van der Waals surface area contributed by atoms with Crippen LogP contribution in [0.5, 0.6) is 0 Å². The number of hydrogen-bond acceptors (Lipinski definition) is 4. The second-order valence-electron chi connectivity index (χ2n) is 5.41. The smallest absolute Gasteiger partial charge is 0.252 e. The van der Waals surface area contributed by atoms with Crippen molar-refractivity contribution in [3.8, 4) is 0 Å². The van der Waals surface area contributed by atoms with Crippen LogP contribution in [0.15, 0.2) is 9.59 Å². The summed E-state index contributed by atoms with van der Waals surface area (Å²) < 4.78 is 22.8. The molecule has 1 aliphatic rings. The third kappa shape index (κ3) is 3.21. The molecule has 1 aromatic heterocycles. The second-order valence-corrected chi connectivity index (χ2v) is 8.05. The van der Waals surface area contributed by atoms with Gasteiger partial charge in [0.1, 0.15) is 4.21 Å². The van der Waals surface area contributed by atoms with Gasteiger partial charge in [0.2, 0.25) is 10.0 Å². The Balaban J connectivity index is 2.12. The summed E-state index contributed by atoms with van der Waals surface area (Å²) in [5, 5.41) is 9.66. The average molecular weight is 316 g/mol. The van der Waals surface area contributed by atoms with Gasteiger partial charge in [0.25, 0.3) is 5.91 Å². The van der Waals surface area contributed by atoms with Crippen LogP contribution in [0.3, 0.4) is 0 Å². The summed E-state index contributed by atoms with van der Waals surface area (Å²) in [7, 11) is -3.75. The Morgan fingerprint density at radius 1 is 1.45 bits per heavy atom. The molecule has 112 valence electrons. The summed E-state index contributed by atoms with van der Waals surface area (Å²) in [6.07, 6.45) is 4.73. The van der Waals surface area contributed by atoms with E-state index < -0.39 is 10.0 Å². The van der Waals surface area contributed by atoms with Crippen molar-refractivity contribution >= 4 is 27.3 Å². The molecule has 0 aliphatic heterocycles. The van der Waals surface area contributed by atoms with Gasteiger partial charge in [-0.15, -0.1) is 11.3 Å². The number of nitrogens with one attached hydrogen (secondary N) is 1. The molecule has 3 N–H and O–H groups in total. The molecule has 0 radical (unpaired) electrons. The largest absolute Gasteiger partial charge is 0.349 e. The monoisotopic (exact) mass is 316 g/mol. The lowest BCUT2D eigenvalue weighted by atomic mass is 9.99. The highest BCUT2D eigenvalue weighted by Gasteiger charge is 2.25. The zero-order chi connectivity index (χ0) is 14.9. The third-order valence-corrected chi connectivity index (χ3v) is 6.65. The molecule has 2 rings (SSSR count). The van der Waals surface area contributed by atoms with Crippen LogP contribution in [0.25, 0.3) is 0 Å². The summed E-state index contributed by atoms with van der Waals surface area (Å²) in [6.45, 7) is 3.63. The Morgan fingerprint density at radius 3 is 2.55 bits per heavy atom. The van der Waals surface area contributed by atoms with E-state index in [-0.39, 0.29) is 16.2 Å². The number of primary sulfonamides is 1. The van der Waals surface area contributed by atoms with Crippen molar-refractivity contribution in [2.24, 2.45) is 11.1 Å². The van der Waals surface area contributed by atoms with Gasteiger partial charge in [-0.2, -0.15) is 0 Å². The molecule has 0 bridgehead atoms. The Kier molecular flexibility index (Phi) is 4.51. The van der Waals surface area contributed by atoms with Crippen LogP contribution >= 0.6 is 11.3 Å². The van der Waals surface area contributed by atoms with Crippen molar-refractivity contribution < 1.29 is 13.2 Å². The first kappa shape index (κ1) is 15.5. The van der Waals surface area contributed by atoms with E-state index in [4.69, 9.17) is 5.14 Å². The second kappa shape index (κ2) is 5.83. The van der Waals surface area contributed by atoms with Gasteiger partial charge in [-0.1, -0.05) is 12.8 Å². The Labute approximate surface area is 123 Å². The molecule has 1 aromatic rings. The standard InChI is InChI=1S/C13H20N2O3S2/c1-8-11(7-19-13(8)20(14,17)18)12(16)15-9(2)10-5-3-4-6-10/h7,9-10H,3-6H2,1-2H3,(H,15,16)(H2,14,17,18). The first-order chi connectivity index (χ1) is 9.30. The topological polar surface area (TPSA) is 89.3 Å². The van der Waals surface area contributed by atoms with Crippen molar-refractivity contribution in [3.05, 3.63) is 16.5 Å². The van der Waals surface area contributed by atoms with Crippen molar-refractivity contribution in [2.75, 3.05) is 0 Å². The van der Waals surface area contributed by atoms with Crippen LogP contribution in [0.4, 0.5) is 0 Å². The molecule has 0 spiro atoms. The van der Waals surface area contributed by atoms with E-state index >= 15 is 0 Å². The molecule has 0 aromatic carbocycles. The Morgan fingerprint density at radius 2 is 2.05 bits per heavy atom. The minimum absolute atomic E-state index is 0.0659. The van der Waals surface area contributed by atoms with Gasteiger partial charge in [-0.25, -0.2) is 13.6 Å².